The Morgan fingerprint density at radius 2 is 1.86 bits per heavy atom. The molecule has 0 bridgehead atoms. The lowest BCUT2D eigenvalue weighted by molar-refractivity contribution is 0.290. The van der Waals surface area contributed by atoms with E-state index < -0.39 is 0 Å². The molecule has 0 aliphatic carbocycles. The van der Waals surface area contributed by atoms with Crippen molar-refractivity contribution in [1.82, 2.24) is 4.57 Å². The number of para-hydroxylation sites is 2. The van der Waals surface area contributed by atoms with E-state index in [0.29, 0.717) is 18.4 Å². The minimum atomic E-state index is 0.123. The summed E-state index contributed by atoms with van der Waals surface area (Å²) in [6, 6.07) is 12.6. The van der Waals surface area contributed by atoms with Crippen molar-refractivity contribution < 1.29 is 14.9 Å². The first-order chi connectivity index (χ1) is 10.6. The monoisotopic (exact) mass is 297 g/mol. The number of nitrogens with zero attached hydrogens (tertiary/aromatic N) is 1. The van der Waals surface area contributed by atoms with Crippen molar-refractivity contribution in [3.8, 4) is 17.2 Å². The minimum absolute atomic E-state index is 0.123. The van der Waals surface area contributed by atoms with Crippen molar-refractivity contribution in [2.45, 2.75) is 26.5 Å². The maximum atomic E-state index is 9.77. The molecule has 0 saturated heterocycles. The van der Waals surface area contributed by atoms with E-state index in [1.54, 1.807) is 30.3 Å². The fraction of sp³-hybridized carbons (Fsp3) is 0.222. The standard InChI is InChI=1S/C18H19NO3/c1-12(2)19-10-13(15-9-14(20)7-8-16(15)19)11-22-18-6-4-3-5-17(18)21/h3-10,12,20-21H,11H2,1-2H3. The molecule has 0 aliphatic rings. The van der Waals surface area contributed by atoms with Gasteiger partial charge in [0.1, 0.15) is 12.4 Å². The number of hydrogen-bond acceptors (Lipinski definition) is 3. The maximum Gasteiger partial charge on any atom is 0.161 e. The Morgan fingerprint density at radius 3 is 2.59 bits per heavy atom. The maximum absolute atomic E-state index is 9.77. The van der Waals surface area contributed by atoms with Gasteiger partial charge in [-0.2, -0.15) is 0 Å². The number of fused-ring (bicyclic) bond motifs is 1. The van der Waals surface area contributed by atoms with Gasteiger partial charge in [0.05, 0.1) is 0 Å². The van der Waals surface area contributed by atoms with Crippen LogP contribution in [0.5, 0.6) is 17.2 Å². The van der Waals surface area contributed by atoms with Crippen LogP contribution in [0.15, 0.2) is 48.7 Å². The number of rotatable bonds is 4. The van der Waals surface area contributed by atoms with Crippen LogP contribution in [0.3, 0.4) is 0 Å². The third kappa shape index (κ3) is 2.60. The summed E-state index contributed by atoms with van der Waals surface area (Å²) in [5.41, 5.74) is 2.03. The summed E-state index contributed by atoms with van der Waals surface area (Å²) >= 11 is 0. The van der Waals surface area contributed by atoms with Crippen LogP contribution in [0.1, 0.15) is 25.5 Å². The highest BCUT2D eigenvalue weighted by atomic mass is 16.5. The van der Waals surface area contributed by atoms with E-state index in [4.69, 9.17) is 4.74 Å². The zero-order chi connectivity index (χ0) is 15.7. The van der Waals surface area contributed by atoms with Crippen molar-refractivity contribution in [3.63, 3.8) is 0 Å². The van der Waals surface area contributed by atoms with Crippen LogP contribution in [0.2, 0.25) is 0 Å². The number of phenols is 2. The number of ether oxygens (including phenoxy) is 1. The number of benzene rings is 2. The zero-order valence-electron chi connectivity index (χ0n) is 12.7. The third-order valence-electron chi connectivity index (χ3n) is 3.70. The van der Waals surface area contributed by atoms with Crippen molar-refractivity contribution in [2.75, 3.05) is 0 Å². The molecule has 22 heavy (non-hydrogen) atoms. The second-order valence-corrected chi connectivity index (χ2v) is 5.61. The topological polar surface area (TPSA) is 54.6 Å². The lowest BCUT2D eigenvalue weighted by Crippen LogP contribution is -1.98. The molecule has 0 radical (unpaired) electrons. The Balaban J connectivity index is 1.96. The van der Waals surface area contributed by atoms with Crippen LogP contribution in [0.25, 0.3) is 10.9 Å². The highest BCUT2D eigenvalue weighted by Gasteiger charge is 2.12. The molecule has 114 valence electrons. The van der Waals surface area contributed by atoms with Crippen LogP contribution in [-0.4, -0.2) is 14.8 Å². The van der Waals surface area contributed by atoms with Crippen LogP contribution in [-0.2, 0) is 6.61 Å². The summed E-state index contributed by atoms with van der Waals surface area (Å²) in [4.78, 5) is 0. The quantitative estimate of drug-likeness (QED) is 0.758. The van der Waals surface area contributed by atoms with Gasteiger partial charge >= 0.3 is 0 Å². The Bertz CT molecular complexity index is 805. The molecule has 4 nitrogen and oxygen atoms in total. The fourth-order valence-electron chi connectivity index (χ4n) is 2.59. The van der Waals surface area contributed by atoms with Gasteiger partial charge in [-0.1, -0.05) is 12.1 Å². The Hall–Kier alpha value is -2.62. The van der Waals surface area contributed by atoms with E-state index in [-0.39, 0.29) is 11.5 Å². The smallest absolute Gasteiger partial charge is 0.161 e. The van der Waals surface area contributed by atoms with E-state index in [9.17, 15) is 10.2 Å². The lowest BCUT2D eigenvalue weighted by atomic mass is 10.2. The lowest BCUT2D eigenvalue weighted by Gasteiger charge is -2.08. The summed E-state index contributed by atoms with van der Waals surface area (Å²) < 4.78 is 7.87. The molecular formula is C18H19NO3. The molecule has 0 fully saturated rings. The van der Waals surface area contributed by atoms with E-state index >= 15 is 0 Å². The Kier molecular flexibility index (Phi) is 3.67. The molecule has 1 aromatic heterocycles. The molecule has 0 amide bonds. The second-order valence-electron chi connectivity index (χ2n) is 5.61. The summed E-state index contributed by atoms with van der Waals surface area (Å²) in [7, 11) is 0. The molecule has 0 saturated carbocycles. The Morgan fingerprint density at radius 1 is 1.09 bits per heavy atom. The van der Waals surface area contributed by atoms with E-state index in [1.165, 1.54) is 0 Å². The van der Waals surface area contributed by atoms with Crippen molar-refractivity contribution in [2.24, 2.45) is 0 Å². The predicted octanol–water partition coefficient (Wildman–Crippen LogP) is 4.21. The molecule has 0 atom stereocenters. The van der Waals surface area contributed by atoms with Gasteiger partial charge in [-0.15, -0.1) is 0 Å². The number of phenolic OH excluding ortho intramolecular Hbond substituents is 2. The van der Waals surface area contributed by atoms with Gasteiger partial charge in [0.25, 0.3) is 0 Å². The van der Waals surface area contributed by atoms with Crippen molar-refractivity contribution in [3.05, 3.63) is 54.2 Å². The Labute approximate surface area is 129 Å². The summed E-state index contributed by atoms with van der Waals surface area (Å²) in [5.74, 6) is 0.809. The molecule has 0 spiro atoms. The summed E-state index contributed by atoms with van der Waals surface area (Å²) in [6.45, 7) is 4.55. The molecule has 2 aromatic carbocycles. The number of hydrogen-bond donors (Lipinski definition) is 2. The summed E-state index contributed by atoms with van der Waals surface area (Å²) in [5, 5.41) is 20.5. The molecule has 3 aromatic rings. The first-order valence-electron chi connectivity index (χ1n) is 7.29. The van der Waals surface area contributed by atoms with Gasteiger partial charge in [-0.3, -0.25) is 0 Å². The van der Waals surface area contributed by atoms with E-state index in [1.807, 2.05) is 18.3 Å². The average molecular weight is 297 g/mol. The number of aromatic nitrogens is 1. The SMILES string of the molecule is CC(C)n1cc(COc2ccccc2O)c2cc(O)ccc21. The van der Waals surface area contributed by atoms with Gasteiger partial charge in [0.15, 0.2) is 11.5 Å². The first-order valence-corrected chi connectivity index (χ1v) is 7.29. The molecule has 3 rings (SSSR count). The van der Waals surface area contributed by atoms with E-state index in [0.717, 1.165) is 16.5 Å². The largest absolute Gasteiger partial charge is 0.508 e. The van der Waals surface area contributed by atoms with Gasteiger partial charge in [-0.05, 0) is 44.2 Å². The van der Waals surface area contributed by atoms with Crippen LogP contribution >= 0.6 is 0 Å². The van der Waals surface area contributed by atoms with Gasteiger partial charge in [-0.25, -0.2) is 0 Å². The zero-order valence-corrected chi connectivity index (χ0v) is 12.7. The third-order valence-corrected chi connectivity index (χ3v) is 3.70. The summed E-state index contributed by atoms with van der Waals surface area (Å²) in [6.07, 6.45) is 2.04. The minimum Gasteiger partial charge on any atom is -0.508 e. The van der Waals surface area contributed by atoms with Gasteiger partial charge in [0.2, 0.25) is 0 Å². The molecular weight excluding hydrogens is 278 g/mol. The fourth-order valence-corrected chi connectivity index (χ4v) is 2.59. The molecule has 4 heteroatoms. The molecule has 2 N–H and O–H groups in total. The normalized spacial score (nSPS) is 11.2. The average Bonchev–Trinajstić information content (AvgIpc) is 2.84. The number of aromatic hydroxyl groups is 2. The molecule has 0 aliphatic heterocycles. The van der Waals surface area contributed by atoms with Crippen LogP contribution in [0.4, 0.5) is 0 Å². The molecule has 1 heterocycles. The van der Waals surface area contributed by atoms with Crippen molar-refractivity contribution in [1.29, 1.82) is 0 Å². The highest BCUT2D eigenvalue weighted by molar-refractivity contribution is 5.85. The predicted molar refractivity (Wildman–Crippen MR) is 86.4 cm³/mol. The highest BCUT2D eigenvalue weighted by Crippen LogP contribution is 2.30. The first kappa shape index (κ1) is 14.3. The van der Waals surface area contributed by atoms with Gasteiger partial charge in [0, 0.05) is 28.7 Å². The van der Waals surface area contributed by atoms with Gasteiger partial charge < -0.3 is 19.5 Å². The van der Waals surface area contributed by atoms with Crippen molar-refractivity contribution >= 4 is 10.9 Å². The van der Waals surface area contributed by atoms with Crippen LogP contribution in [0, 0.1) is 0 Å². The second kappa shape index (κ2) is 5.64. The van der Waals surface area contributed by atoms with E-state index in [2.05, 4.69) is 18.4 Å². The molecule has 0 unspecified atom stereocenters. The van der Waals surface area contributed by atoms with Crippen LogP contribution < -0.4 is 4.74 Å².